The van der Waals surface area contributed by atoms with Crippen LogP contribution < -0.4 is 17.0 Å². The second kappa shape index (κ2) is 3.65. The van der Waals surface area contributed by atoms with E-state index in [-0.39, 0.29) is 51.6 Å². The molecule has 2 aliphatic rings. The molecular formula is C7H3BrMgO2. The maximum atomic E-state index is 10.7. The molecule has 0 bridgehead atoms. The minimum atomic E-state index is -0.107. The predicted molar refractivity (Wildman–Crippen MR) is 35.2 cm³/mol. The second-order valence-corrected chi connectivity index (χ2v) is 2.12. The van der Waals surface area contributed by atoms with Crippen LogP contribution in [0.15, 0.2) is 17.2 Å². The van der Waals surface area contributed by atoms with Crippen LogP contribution in [0.2, 0.25) is 0 Å². The van der Waals surface area contributed by atoms with Crippen LogP contribution >= 0.6 is 0 Å². The smallest absolute Gasteiger partial charge is 1.00 e. The van der Waals surface area contributed by atoms with Crippen LogP contribution in [0.1, 0.15) is 6.42 Å². The van der Waals surface area contributed by atoms with Gasteiger partial charge in [0.15, 0.2) is 0 Å². The van der Waals surface area contributed by atoms with Gasteiger partial charge in [-0.15, -0.1) is 23.3 Å². The number of carbonyl (C=O) groups excluding carboxylic acids is 2. The SMILES string of the molecule is O=C1[C-]=CC(=O)C2=C1C2.[Br-].[Mg+2]. The molecule has 0 N–H and O–H groups in total. The Morgan fingerprint density at radius 2 is 1.91 bits per heavy atom. The van der Waals surface area contributed by atoms with Crippen molar-refractivity contribution in [1.29, 1.82) is 0 Å². The Kier molecular flexibility index (Phi) is 3.67. The molecule has 4 heteroatoms. The minimum absolute atomic E-state index is 0. The van der Waals surface area contributed by atoms with E-state index in [1.807, 2.05) is 0 Å². The number of ketones is 2. The number of hydrogen-bond acceptors (Lipinski definition) is 2. The molecule has 0 amide bonds. The third-order valence-corrected chi connectivity index (χ3v) is 1.50. The fourth-order valence-corrected chi connectivity index (χ4v) is 0.891. The second-order valence-electron chi connectivity index (χ2n) is 2.12. The summed E-state index contributed by atoms with van der Waals surface area (Å²) in [5.41, 5.74) is 1.36. The summed E-state index contributed by atoms with van der Waals surface area (Å²) in [5.74, 6) is -0.144. The van der Waals surface area contributed by atoms with Crippen molar-refractivity contribution in [2.75, 3.05) is 0 Å². The predicted octanol–water partition coefficient (Wildman–Crippen LogP) is -3.18. The van der Waals surface area contributed by atoms with Gasteiger partial charge in [0.25, 0.3) is 0 Å². The number of rotatable bonds is 0. The molecule has 0 saturated carbocycles. The Morgan fingerprint density at radius 3 is 2.45 bits per heavy atom. The van der Waals surface area contributed by atoms with E-state index in [0.717, 1.165) is 0 Å². The molecule has 2 nitrogen and oxygen atoms in total. The summed E-state index contributed by atoms with van der Waals surface area (Å²) in [6.07, 6.45) is 4.17. The largest absolute Gasteiger partial charge is 2.00 e. The van der Waals surface area contributed by atoms with Gasteiger partial charge in [-0.25, -0.2) is 0 Å². The van der Waals surface area contributed by atoms with Crippen LogP contribution in [0.5, 0.6) is 0 Å². The quantitative estimate of drug-likeness (QED) is 0.246. The van der Waals surface area contributed by atoms with Crippen molar-refractivity contribution in [3.8, 4) is 0 Å². The molecule has 0 unspecified atom stereocenters. The molecule has 0 aromatic carbocycles. The Balaban J connectivity index is 0.000000500. The summed E-state index contributed by atoms with van der Waals surface area (Å²) in [6, 6.07) is 0. The zero-order chi connectivity index (χ0) is 6.43. The fraction of sp³-hybridized carbons (Fsp3) is 0.143. The molecular weight excluding hydrogens is 220 g/mol. The standard InChI is InChI=1S/C7H3O2.BrH.Mg/c8-6-1-2-7(9)5-3-4(5)6;;/h1H,3H2;1H;/q-1;;+2/p-1. The van der Waals surface area contributed by atoms with Crippen molar-refractivity contribution in [3.63, 3.8) is 0 Å². The Bertz CT molecular complexity index is 252. The van der Waals surface area contributed by atoms with Gasteiger partial charge in [0.1, 0.15) is 0 Å². The van der Waals surface area contributed by atoms with Crippen molar-refractivity contribution in [1.82, 2.24) is 0 Å². The van der Waals surface area contributed by atoms with Gasteiger partial charge in [-0.1, -0.05) is 6.42 Å². The van der Waals surface area contributed by atoms with Gasteiger partial charge >= 0.3 is 23.1 Å². The zero-order valence-corrected chi connectivity index (χ0v) is 8.69. The summed E-state index contributed by atoms with van der Waals surface area (Å²) in [7, 11) is 0. The van der Waals surface area contributed by atoms with Gasteiger partial charge in [0, 0.05) is 0 Å². The third-order valence-electron chi connectivity index (χ3n) is 1.50. The molecule has 0 saturated heterocycles. The average molecular weight is 223 g/mol. The van der Waals surface area contributed by atoms with Gasteiger partial charge in [-0.2, -0.15) is 0 Å². The van der Waals surface area contributed by atoms with Gasteiger partial charge < -0.3 is 26.6 Å². The van der Waals surface area contributed by atoms with Crippen molar-refractivity contribution in [2.45, 2.75) is 6.42 Å². The summed E-state index contributed by atoms with van der Waals surface area (Å²) in [6.45, 7) is 0. The van der Waals surface area contributed by atoms with E-state index >= 15 is 0 Å². The van der Waals surface area contributed by atoms with Crippen molar-refractivity contribution >= 4 is 34.6 Å². The van der Waals surface area contributed by atoms with E-state index in [0.29, 0.717) is 17.6 Å². The summed E-state index contributed by atoms with van der Waals surface area (Å²) < 4.78 is 0. The summed E-state index contributed by atoms with van der Waals surface area (Å²) in [5, 5.41) is 0. The van der Waals surface area contributed by atoms with Gasteiger partial charge in [-0.05, 0) is 0 Å². The first-order valence-electron chi connectivity index (χ1n) is 2.69. The van der Waals surface area contributed by atoms with E-state index in [9.17, 15) is 9.59 Å². The first kappa shape index (κ1) is 11.1. The van der Waals surface area contributed by atoms with Crippen LogP contribution in [0.3, 0.4) is 0 Å². The number of carbonyl (C=O) groups is 2. The molecule has 0 fully saturated rings. The molecule has 0 atom stereocenters. The van der Waals surface area contributed by atoms with Crippen LogP contribution in [0, 0.1) is 6.08 Å². The molecule has 0 spiro atoms. The fourth-order valence-electron chi connectivity index (χ4n) is 0.891. The first-order chi connectivity index (χ1) is 4.29. The van der Waals surface area contributed by atoms with Gasteiger partial charge in [0.05, 0.1) is 11.6 Å². The number of hydrogen-bond donors (Lipinski definition) is 0. The van der Waals surface area contributed by atoms with Gasteiger partial charge in [-0.3, -0.25) is 0 Å². The topological polar surface area (TPSA) is 34.1 Å². The molecule has 2 rings (SSSR count). The normalized spacial score (nSPS) is 18.5. The average Bonchev–Trinajstić information content (AvgIpc) is 2.57. The van der Waals surface area contributed by atoms with Crippen LogP contribution in [-0.2, 0) is 9.59 Å². The van der Waals surface area contributed by atoms with Crippen molar-refractivity contribution < 1.29 is 26.6 Å². The minimum Gasteiger partial charge on any atom is -1.00 e. The van der Waals surface area contributed by atoms with E-state index in [2.05, 4.69) is 6.08 Å². The number of Topliss-reactive ketones (excluding diaryl/α,β-unsaturated/α-hetero) is 1. The van der Waals surface area contributed by atoms with E-state index < -0.39 is 0 Å². The molecule has 2 aliphatic carbocycles. The Morgan fingerprint density at radius 1 is 1.27 bits per heavy atom. The summed E-state index contributed by atoms with van der Waals surface area (Å²) >= 11 is 0. The monoisotopic (exact) mass is 222 g/mol. The molecule has 0 aromatic heterocycles. The number of allylic oxidation sites excluding steroid dienone is 4. The van der Waals surface area contributed by atoms with E-state index in [1.54, 1.807) is 0 Å². The zero-order valence-electron chi connectivity index (χ0n) is 5.69. The van der Waals surface area contributed by atoms with Crippen LogP contribution in [0.4, 0.5) is 0 Å². The number of halogens is 1. The maximum absolute atomic E-state index is 10.7. The molecule has 52 valence electrons. The summed E-state index contributed by atoms with van der Waals surface area (Å²) in [4.78, 5) is 21.3. The van der Waals surface area contributed by atoms with Crippen LogP contribution in [-0.4, -0.2) is 34.6 Å². The van der Waals surface area contributed by atoms with Gasteiger partial charge in [0.2, 0.25) is 0 Å². The molecule has 0 heterocycles. The van der Waals surface area contributed by atoms with Crippen molar-refractivity contribution in [3.05, 3.63) is 23.3 Å². The van der Waals surface area contributed by atoms with Crippen LogP contribution in [0.25, 0.3) is 0 Å². The molecule has 0 aromatic rings. The van der Waals surface area contributed by atoms with E-state index in [1.165, 1.54) is 6.08 Å². The first-order valence-corrected chi connectivity index (χ1v) is 2.69. The Labute approximate surface area is 90.6 Å². The molecule has 11 heavy (non-hydrogen) atoms. The van der Waals surface area contributed by atoms with Crippen molar-refractivity contribution in [2.24, 2.45) is 0 Å². The van der Waals surface area contributed by atoms with E-state index in [4.69, 9.17) is 0 Å². The third kappa shape index (κ3) is 1.80. The molecule has 0 aliphatic heterocycles. The molecule has 0 radical (unpaired) electrons. The Hall–Kier alpha value is 0.0662. The maximum Gasteiger partial charge on any atom is 2.00 e.